The van der Waals surface area contributed by atoms with E-state index in [2.05, 4.69) is 20.6 Å². The van der Waals surface area contributed by atoms with Gasteiger partial charge < -0.3 is 5.11 Å². The zero-order valence-corrected chi connectivity index (χ0v) is 8.31. The second-order valence-corrected chi connectivity index (χ2v) is 3.31. The molecule has 2 rings (SSSR count). The molecular formula is C9H7F3N4O. The molecule has 0 aliphatic heterocycles. The molecule has 0 aliphatic rings. The molecule has 17 heavy (non-hydrogen) atoms. The number of H-pyrrole nitrogens is 1. The van der Waals surface area contributed by atoms with Gasteiger partial charge in [-0.1, -0.05) is 18.2 Å². The second-order valence-electron chi connectivity index (χ2n) is 3.31. The minimum absolute atomic E-state index is 0.168. The van der Waals surface area contributed by atoms with Crippen molar-refractivity contribution in [2.75, 3.05) is 0 Å². The lowest BCUT2D eigenvalue weighted by atomic mass is 10.1. The van der Waals surface area contributed by atoms with Crippen LogP contribution in [0, 0.1) is 0 Å². The van der Waals surface area contributed by atoms with Crippen molar-refractivity contribution in [2.45, 2.75) is 12.3 Å². The van der Waals surface area contributed by atoms with Gasteiger partial charge in [0.2, 0.25) is 5.82 Å². The number of aliphatic hydroxyl groups is 1. The summed E-state index contributed by atoms with van der Waals surface area (Å²) >= 11 is 0. The first-order chi connectivity index (χ1) is 7.98. The molecule has 1 unspecified atom stereocenters. The second kappa shape index (κ2) is 4.13. The van der Waals surface area contributed by atoms with E-state index in [1.54, 1.807) is 0 Å². The lowest BCUT2D eigenvalue weighted by Crippen LogP contribution is -2.20. The first kappa shape index (κ1) is 11.5. The third kappa shape index (κ3) is 2.41. The van der Waals surface area contributed by atoms with E-state index >= 15 is 0 Å². The number of nitrogens with zero attached hydrogens (tertiary/aromatic N) is 3. The van der Waals surface area contributed by atoms with E-state index in [0.29, 0.717) is 5.56 Å². The summed E-state index contributed by atoms with van der Waals surface area (Å²) in [6, 6.07) is 5.26. The number of rotatable bonds is 2. The molecule has 2 N–H and O–H groups in total. The quantitative estimate of drug-likeness (QED) is 0.838. The summed E-state index contributed by atoms with van der Waals surface area (Å²) in [6.45, 7) is 0. The van der Waals surface area contributed by atoms with Crippen molar-refractivity contribution in [3.8, 4) is 11.4 Å². The highest BCUT2D eigenvalue weighted by atomic mass is 19.4. The van der Waals surface area contributed by atoms with Crippen LogP contribution in [0.3, 0.4) is 0 Å². The molecule has 0 bridgehead atoms. The summed E-state index contributed by atoms with van der Waals surface area (Å²) in [7, 11) is 0. The molecule has 0 amide bonds. The largest absolute Gasteiger partial charge is 0.418 e. The molecule has 0 saturated carbocycles. The Morgan fingerprint density at radius 1 is 1.29 bits per heavy atom. The minimum Gasteiger partial charge on any atom is -0.379 e. The van der Waals surface area contributed by atoms with Crippen LogP contribution in [-0.4, -0.2) is 31.9 Å². The van der Waals surface area contributed by atoms with Crippen LogP contribution in [0.25, 0.3) is 11.4 Å². The van der Waals surface area contributed by atoms with Gasteiger partial charge in [-0.15, -0.1) is 10.2 Å². The molecular weight excluding hydrogens is 237 g/mol. The maximum Gasteiger partial charge on any atom is 0.418 e. The van der Waals surface area contributed by atoms with Gasteiger partial charge in [-0.05, 0) is 16.8 Å². The lowest BCUT2D eigenvalue weighted by Gasteiger charge is -2.14. The van der Waals surface area contributed by atoms with Crippen LogP contribution >= 0.6 is 0 Å². The van der Waals surface area contributed by atoms with Crippen molar-refractivity contribution in [2.24, 2.45) is 0 Å². The maximum atomic E-state index is 12.3. The molecule has 1 heterocycles. The van der Waals surface area contributed by atoms with E-state index in [1.807, 2.05) is 0 Å². The molecule has 1 aromatic carbocycles. The first-order valence-corrected chi connectivity index (χ1v) is 4.57. The summed E-state index contributed by atoms with van der Waals surface area (Å²) in [6.07, 6.45) is -7.22. The van der Waals surface area contributed by atoms with Gasteiger partial charge in [0.25, 0.3) is 0 Å². The monoisotopic (exact) mass is 244 g/mol. The van der Waals surface area contributed by atoms with E-state index < -0.39 is 12.3 Å². The zero-order valence-electron chi connectivity index (χ0n) is 8.31. The number of alkyl halides is 3. The molecule has 0 spiro atoms. The average Bonchev–Trinajstić information content (AvgIpc) is 2.80. The van der Waals surface area contributed by atoms with Gasteiger partial charge in [0, 0.05) is 5.56 Å². The van der Waals surface area contributed by atoms with Crippen molar-refractivity contribution >= 4 is 0 Å². The predicted molar refractivity (Wildman–Crippen MR) is 50.6 cm³/mol. The highest BCUT2D eigenvalue weighted by Crippen LogP contribution is 2.33. The smallest absolute Gasteiger partial charge is 0.379 e. The van der Waals surface area contributed by atoms with Crippen LogP contribution in [0.1, 0.15) is 11.7 Å². The number of halogens is 3. The number of aliphatic hydroxyl groups excluding tert-OH is 1. The number of hydrogen-bond acceptors (Lipinski definition) is 4. The molecule has 0 aliphatic carbocycles. The fourth-order valence-corrected chi connectivity index (χ4v) is 1.32. The number of aromatic nitrogens is 4. The summed E-state index contributed by atoms with van der Waals surface area (Å²) in [5.41, 5.74) is 0.0827. The van der Waals surface area contributed by atoms with Crippen LogP contribution in [0.4, 0.5) is 13.2 Å². The van der Waals surface area contributed by atoms with E-state index in [1.165, 1.54) is 24.3 Å². The molecule has 2 aromatic rings. The van der Waals surface area contributed by atoms with Crippen molar-refractivity contribution < 1.29 is 18.3 Å². The molecule has 0 saturated heterocycles. The van der Waals surface area contributed by atoms with Crippen molar-refractivity contribution in [3.05, 3.63) is 29.8 Å². The zero-order chi connectivity index (χ0) is 12.5. The van der Waals surface area contributed by atoms with Crippen molar-refractivity contribution in [1.82, 2.24) is 20.6 Å². The van der Waals surface area contributed by atoms with Crippen LogP contribution in [-0.2, 0) is 0 Å². The fourth-order valence-electron chi connectivity index (χ4n) is 1.32. The van der Waals surface area contributed by atoms with Gasteiger partial charge in [-0.25, -0.2) is 0 Å². The van der Waals surface area contributed by atoms with Gasteiger partial charge in [-0.2, -0.15) is 18.4 Å². The molecule has 5 nitrogen and oxygen atoms in total. The topological polar surface area (TPSA) is 74.7 Å². The molecule has 0 radical (unpaired) electrons. The predicted octanol–water partition coefficient (Wildman–Crippen LogP) is 1.46. The van der Waals surface area contributed by atoms with Crippen LogP contribution in [0.5, 0.6) is 0 Å². The molecule has 8 heteroatoms. The molecule has 90 valence electrons. The Kier molecular flexibility index (Phi) is 2.80. The third-order valence-electron chi connectivity index (χ3n) is 2.12. The maximum absolute atomic E-state index is 12.3. The van der Waals surface area contributed by atoms with E-state index in [4.69, 9.17) is 5.11 Å². The Bertz CT molecular complexity index is 497. The Morgan fingerprint density at radius 3 is 2.65 bits per heavy atom. The number of aromatic amines is 1. The first-order valence-electron chi connectivity index (χ1n) is 4.57. The number of hydrogen-bond donors (Lipinski definition) is 2. The number of tetrazole rings is 1. The lowest BCUT2D eigenvalue weighted by molar-refractivity contribution is -0.206. The standard InChI is InChI=1S/C9H7F3N4O/c10-9(11,12)7(17)5-2-1-3-6(4-5)8-13-15-16-14-8/h1-4,7,17H,(H,13,14,15,16). The SMILES string of the molecule is OC(c1cccc(-c2nn[nH]n2)c1)C(F)(F)F. The number of benzene rings is 1. The summed E-state index contributed by atoms with van der Waals surface area (Å²) in [5, 5.41) is 21.9. The van der Waals surface area contributed by atoms with Gasteiger partial charge in [0.1, 0.15) is 0 Å². The Hall–Kier alpha value is -1.96. The van der Waals surface area contributed by atoms with E-state index in [-0.39, 0.29) is 11.4 Å². The Labute approximate surface area is 93.3 Å². The van der Waals surface area contributed by atoms with Crippen LogP contribution in [0.2, 0.25) is 0 Å². The third-order valence-corrected chi connectivity index (χ3v) is 2.12. The highest BCUT2D eigenvalue weighted by Gasteiger charge is 2.39. The molecule has 1 atom stereocenters. The normalized spacial score (nSPS) is 13.6. The summed E-state index contributed by atoms with van der Waals surface area (Å²) in [4.78, 5) is 0. The Morgan fingerprint density at radius 2 is 2.06 bits per heavy atom. The Balaban J connectivity index is 2.36. The highest BCUT2D eigenvalue weighted by molar-refractivity contribution is 5.55. The molecule has 0 fully saturated rings. The number of nitrogens with one attached hydrogen (secondary N) is 1. The average molecular weight is 244 g/mol. The van der Waals surface area contributed by atoms with Crippen molar-refractivity contribution in [1.29, 1.82) is 0 Å². The fraction of sp³-hybridized carbons (Fsp3) is 0.222. The molecule has 1 aromatic heterocycles. The van der Waals surface area contributed by atoms with Crippen molar-refractivity contribution in [3.63, 3.8) is 0 Å². The van der Waals surface area contributed by atoms with Crippen LogP contribution < -0.4 is 0 Å². The van der Waals surface area contributed by atoms with Gasteiger partial charge >= 0.3 is 6.18 Å². The minimum atomic E-state index is -4.70. The summed E-state index contributed by atoms with van der Waals surface area (Å²) in [5.74, 6) is 0.168. The van der Waals surface area contributed by atoms with Gasteiger partial charge in [-0.3, -0.25) is 0 Å². The van der Waals surface area contributed by atoms with Gasteiger partial charge in [0.05, 0.1) is 0 Å². The van der Waals surface area contributed by atoms with E-state index in [9.17, 15) is 13.2 Å². The van der Waals surface area contributed by atoms with E-state index in [0.717, 1.165) is 0 Å². The van der Waals surface area contributed by atoms with Gasteiger partial charge in [0.15, 0.2) is 6.10 Å². The van der Waals surface area contributed by atoms with Crippen LogP contribution in [0.15, 0.2) is 24.3 Å². The summed E-state index contributed by atoms with van der Waals surface area (Å²) < 4.78 is 36.9.